The molecular weight excluding hydrogens is 286 g/mol. The number of rotatable bonds is 5. The van der Waals surface area contributed by atoms with E-state index in [0.29, 0.717) is 10.7 Å². The van der Waals surface area contributed by atoms with Crippen LogP contribution in [-0.2, 0) is 0 Å². The molecule has 0 bridgehead atoms. The van der Waals surface area contributed by atoms with Crippen molar-refractivity contribution in [1.82, 2.24) is 5.48 Å². The van der Waals surface area contributed by atoms with Crippen LogP contribution in [0.2, 0.25) is 5.02 Å². The summed E-state index contributed by atoms with van der Waals surface area (Å²) >= 11 is 5.91. The lowest BCUT2D eigenvalue weighted by Gasteiger charge is -2.23. The number of halogens is 1. The Morgan fingerprint density at radius 3 is 2.52 bits per heavy atom. The van der Waals surface area contributed by atoms with Crippen molar-refractivity contribution in [2.75, 3.05) is 5.32 Å². The molecule has 0 amide bonds. The first kappa shape index (κ1) is 15.1. The van der Waals surface area contributed by atoms with E-state index in [1.807, 2.05) is 41.9 Å². The maximum Gasteiger partial charge on any atom is 0.219 e. The highest BCUT2D eigenvalue weighted by Crippen LogP contribution is 2.19. The first-order chi connectivity index (χ1) is 10.2. The molecule has 2 aromatic carbocycles. The van der Waals surface area contributed by atoms with Gasteiger partial charge in [0.05, 0.1) is 0 Å². The normalized spacial score (nSPS) is 13.6. The minimum Gasteiger partial charge on any atom is -0.351 e. The summed E-state index contributed by atoms with van der Waals surface area (Å²) in [4.78, 5) is 0. The van der Waals surface area contributed by atoms with Crippen LogP contribution in [0, 0.1) is 11.3 Å². The van der Waals surface area contributed by atoms with Gasteiger partial charge in [-0.1, -0.05) is 54.1 Å². The smallest absolute Gasteiger partial charge is 0.219 e. The highest BCUT2D eigenvalue weighted by Gasteiger charge is 2.25. The highest BCUT2D eigenvalue weighted by molar-refractivity contribution is 6.30. The third kappa shape index (κ3) is 4.07. The van der Waals surface area contributed by atoms with Crippen LogP contribution in [-0.4, -0.2) is 10.9 Å². The fourth-order valence-electron chi connectivity index (χ4n) is 1.78. The highest BCUT2D eigenvalue weighted by atomic mass is 35.5. The van der Waals surface area contributed by atoms with Gasteiger partial charge in [0.15, 0.2) is 0 Å². The lowest BCUT2D eigenvalue weighted by Crippen LogP contribution is -2.47. The molecular formula is C16H14ClN3O. The van der Waals surface area contributed by atoms with Crippen LogP contribution in [0.3, 0.4) is 0 Å². The first-order valence-corrected chi connectivity index (χ1v) is 6.66. The zero-order chi connectivity index (χ0) is 15.1. The van der Waals surface area contributed by atoms with Crippen molar-refractivity contribution in [3.63, 3.8) is 0 Å². The van der Waals surface area contributed by atoms with Crippen LogP contribution in [0.1, 0.15) is 5.56 Å². The molecule has 2 rings (SSSR count). The van der Waals surface area contributed by atoms with Crippen molar-refractivity contribution in [3.8, 4) is 6.07 Å². The zero-order valence-electron chi connectivity index (χ0n) is 11.1. The van der Waals surface area contributed by atoms with E-state index in [-0.39, 0.29) is 0 Å². The van der Waals surface area contributed by atoms with Gasteiger partial charge in [0.2, 0.25) is 5.66 Å². The summed E-state index contributed by atoms with van der Waals surface area (Å²) in [6.45, 7) is 0. The number of nitrogens with one attached hydrogen (secondary N) is 2. The maximum absolute atomic E-state index is 9.37. The molecule has 3 N–H and O–H groups in total. The Labute approximate surface area is 128 Å². The minimum atomic E-state index is -1.44. The fourth-order valence-corrected chi connectivity index (χ4v) is 1.97. The monoisotopic (exact) mass is 299 g/mol. The predicted octanol–water partition coefficient (Wildman–Crippen LogP) is 3.66. The van der Waals surface area contributed by atoms with E-state index in [2.05, 4.69) is 5.32 Å². The summed E-state index contributed by atoms with van der Waals surface area (Å²) in [6.07, 6.45) is 3.28. The Kier molecular flexibility index (Phi) is 4.96. The Hall–Kier alpha value is -2.32. The number of nitriles is 1. The molecule has 21 heavy (non-hydrogen) atoms. The third-order valence-corrected chi connectivity index (χ3v) is 3.08. The van der Waals surface area contributed by atoms with Gasteiger partial charge in [-0.15, -0.1) is 0 Å². The number of hydrogen-bond acceptors (Lipinski definition) is 4. The molecule has 0 aliphatic heterocycles. The Balaban J connectivity index is 2.24. The Morgan fingerprint density at radius 2 is 1.90 bits per heavy atom. The predicted molar refractivity (Wildman–Crippen MR) is 83.8 cm³/mol. The second-order valence-electron chi connectivity index (χ2n) is 4.41. The summed E-state index contributed by atoms with van der Waals surface area (Å²) < 4.78 is 0. The van der Waals surface area contributed by atoms with Crippen LogP contribution in [0.4, 0.5) is 5.69 Å². The van der Waals surface area contributed by atoms with Crippen molar-refractivity contribution in [2.24, 2.45) is 0 Å². The molecule has 0 fully saturated rings. The molecule has 0 aliphatic rings. The molecule has 2 aromatic rings. The lowest BCUT2D eigenvalue weighted by atomic mass is 10.1. The van der Waals surface area contributed by atoms with Crippen molar-refractivity contribution >= 4 is 23.4 Å². The van der Waals surface area contributed by atoms with E-state index in [4.69, 9.17) is 11.6 Å². The van der Waals surface area contributed by atoms with Gasteiger partial charge in [0, 0.05) is 10.7 Å². The quantitative estimate of drug-likeness (QED) is 0.582. The van der Waals surface area contributed by atoms with E-state index in [1.165, 1.54) is 0 Å². The van der Waals surface area contributed by atoms with Gasteiger partial charge in [0.25, 0.3) is 0 Å². The first-order valence-electron chi connectivity index (χ1n) is 6.28. The standard InChI is InChI=1S/C16H14ClN3O/c17-14-7-4-8-15(11-14)19-16(12-18,20-21)10-9-13-5-2-1-3-6-13/h1-11,19-21H/b10-9-/t16-/m1/s1. The second kappa shape index (κ2) is 6.91. The van der Waals surface area contributed by atoms with E-state index < -0.39 is 5.66 Å². The molecule has 0 aliphatic carbocycles. The average molecular weight is 300 g/mol. The zero-order valence-corrected chi connectivity index (χ0v) is 11.9. The Bertz CT molecular complexity index is 667. The molecule has 4 nitrogen and oxygen atoms in total. The molecule has 0 spiro atoms. The molecule has 0 aromatic heterocycles. The molecule has 5 heteroatoms. The van der Waals surface area contributed by atoms with Crippen molar-refractivity contribution in [1.29, 1.82) is 5.26 Å². The number of nitrogens with zero attached hydrogens (tertiary/aromatic N) is 1. The lowest BCUT2D eigenvalue weighted by molar-refractivity contribution is 0.127. The number of hydroxylamine groups is 1. The van der Waals surface area contributed by atoms with Crippen molar-refractivity contribution < 1.29 is 5.21 Å². The summed E-state index contributed by atoms with van der Waals surface area (Å²) in [5, 5.41) is 22.2. The molecule has 0 radical (unpaired) electrons. The van der Waals surface area contributed by atoms with Crippen LogP contribution in [0.5, 0.6) is 0 Å². The van der Waals surface area contributed by atoms with Crippen LogP contribution < -0.4 is 10.8 Å². The van der Waals surface area contributed by atoms with Crippen molar-refractivity contribution in [3.05, 3.63) is 71.3 Å². The molecule has 106 valence electrons. The van der Waals surface area contributed by atoms with E-state index >= 15 is 0 Å². The number of anilines is 1. The largest absolute Gasteiger partial charge is 0.351 e. The maximum atomic E-state index is 9.37. The van der Waals surface area contributed by atoms with Crippen LogP contribution >= 0.6 is 11.6 Å². The number of benzene rings is 2. The van der Waals surface area contributed by atoms with Crippen LogP contribution in [0.25, 0.3) is 6.08 Å². The molecule has 0 unspecified atom stereocenters. The summed E-state index contributed by atoms with van der Waals surface area (Å²) in [5.74, 6) is 0. The average Bonchev–Trinajstić information content (AvgIpc) is 2.53. The molecule has 1 atom stereocenters. The molecule has 0 heterocycles. The third-order valence-electron chi connectivity index (χ3n) is 2.84. The summed E-state index contributed by atoms with van der Waals surface area (Å²) in [7, 11) is 0. The van der Waals surface area contributed by atoms with Crippen LogP contribution in [0.15, 0.2) is 60.7 Å². The van der Waals surface area contributed by atoms with Crippen molar-refractivity contribution in [2.45, 2.75) is 5.66 Å². The van der Waals surface area contributed by atoms with Gasteiger partial charge in [-0.2, -0.15) is 10.7 Å². The van der Waals surface area contributed by atoms with Gasteiger partial charge in [0.1, 0.15) is 6.07 Å². The summed E-state index contributed by atoms with van der Waals surface area (Å²) in [5.41, 5.74) is 2.09. The molecule has 0 saturated heterocycles. The SMILES string of the molecule is N#C[C@@](/C=C\c1ccccc1)(NO)Nc1cccc(Cl)c1. The van der Waals surface area contributed by atoms with Gasteiger partial charge in [-0.3, -0.25) is 0 Å². The molecule has 0 saturated carbocycles. The van der Waals surface area contributed by atoms with E-state index in [0.717, 1.165) is 5.56 Å². The van der Waals surface area contributed by atoms with E-state index in [1.54, 1.807) is 36.4 Å². The van der Waals surface area contributed by atoms with Gasteiger partial charge in [-0.05, 0) is 29.8 Å². The Morgan fingerprint density at radius 1 is 1.14 bits per heavy atom. The van der Waals surface area contributed by atoms with Gasteiger partial charge < -0.3 is 10.5 Å². The van der Waals surface area contributed by atoms with E-state index in [9.17, 15) is 10.5 Å². The fraction of sp³-hybridized carbons (Fsp3) is 0.0625. The number of hydrogen-bond donors (Lipinski definition) is 3. The van der Waals surface area contributed by atoms with Gasteiger partial charge in [-0.25, -0.2) is 0 Å². The summed E-state index contributed by atoms with van der Waals surface area (Å²) in [6, 6.07) is 18.4. The van der Waals surface area contributed by atoms with Gasteiger partial charge >= 0.3 is 0 Å². The second-order valence-corrected chi connectivity index (χ2v) is 4.85. The topological polar surface area (TPSA) is 68.1 Å². The minimum absolute atomic E-state index is 0.539.